The van der Waals surface area contributed by atoms with Crippen LogP contribution in [-0.2, 0) is 16.0 Å². The van der Waals surface area contributed by atoms with Crippen molar-refractivity contribution in [3.63, 3.8) is 0 Å². The zero-order valence-corrected chi connectivity index (χ0v) is 13.1. The van der Waals surface area contributed by atoms with Gasteiger partial charge in [0.15, 0.2) is 0 Å². The SMILES string of the molecule is CCCC(CNC(=O)Cc1ccc(-n2cccn2)cc1)C(=O)O. The van der Waals surface area contributed by atoms with Crippen LogP contribution in [0.1, 0.15) is 25.3 Å². The Labute approximate surface area is 135 Å². The van der Waals surface area contributed by atoms with Crippen LogP contribution < -0.4 is 5.32 Å². The fourth-order valence-electron chi connectivity index (χ4n) is 2.33. The molecular weight excluding hydrogens is 294 g/mol. The van der Waals surface area contributed by atoms with Crippen molar-refractivity contribution >= 4 is 11.9 Å². The van der Waals surface area contributed by atoms with Crippen molar-refractivity contribution in [1.29, 1.82) is 0 Å². The topological polar surface area (TPSA) is 84.2 Å². The Kier molecular flexibility index (Phi) is 5.91. The molecule has 0 aliphatic rings. The van der Waals surface area contributed by atoms with E-state index in [1.807, 2.05) is 43.5 Å². The molecule has 122 valence electrons. The minimum absolute atomic E-state index is 0.167. The number of aliphatic carboxylic acids is 1. The molecule has 0 radical (unpaired) electrons. The van der Waals surface area contributed by atoms with Crippen molar-refractivity contribution in [3.05, 3.63) is 48.3 Å². The van der Waals surface area contributed by atoms with Crippen molar-refractivity contribution < 1.29 is 14.7 Å². The number of aromatic nitrogens is 2. The van der Waals surface area contributed by atoms with E-state index >= 15 is 0 Å². The highest BCUT2D eigenvalue weighted by atomic mass is 16.4. The van der Waals surface area contributed by atoms with Crippen LogP contribution in [0.5, 0.6) is 0 Å². The minimum atomic E-state index is -0.865. The Morgan fingerprint density at radius 2 is 2.04 bits per heavy atom. The average Bonchev–Trinajstić information content (AvgIpc) is 3.06. The van der Waals surface area contributed by atoms with Gasteiger partial charge in [-0.3, -0.25) is 9.59 Å². The molecule has 1 heterocycles. The standard InChI is InChI=1S/C17H21N3O3/c1-2-4-14(17(22)23)12-18-16(21)11-13-5-7-15(8-6-13)20-10-3-9-19-20/h3,5-10,14H,2,4,11-12H2,1H3,(H,18,21)(H,22,23). The van der Waals surface area contributed by atoms with E-state index in [1.54, 1.807) is 10.9 Å². The summed E-state index contributed by atoms with van der Waals surface area (Å²) in [5.74, 6) is -1.55. The van der Waals surface area contributed by atoms with Crippen LogP contribution in [0.2, 0.25) is 0 Å². The summed E-state index contributed by atoms with van der Waals surface area (Å²) in [5, 5.41) is 15.9. The van der Waals surface area contributed by atoms with Crippen molar-refractivity contribution in [2.24, 2.45) is 5.92 Å². The summed E-state index contributed by atoms with van der Waals surface area (Å²) in [4.78, 5) is 23.0. The lowest BCUT2D eigenvalue weighted by Crippen LogP contribution is -2.33. The first-order valence-electron chi connectivity index (χ1n) is 7.68. The highest BCUT2D eigenvalue weighted by Gasteiger charge is 2.17. The molecule has 0 aliphatic heterocycles. The molecule has 0 saturated heterocycles. The molecule has 2 aromatic rings. The van der Waals surface area contributed by atoms with E-state index in [0.717, 1.165) is 17.7 Å². The minimum Gasteiger partial charge on any atom is -0.481 e. The molecule has 2 rings (SSSR count). The zero-order chi connectivity index (χ0) is 16.7. The van der Waals surface area contributed by atoms with E-state index in [2.05, 4.69) is 10.4 Å². The molecule has 6 nitrogen and oxygen atoms in total. The molecular formula is C17H21N3O3. The summed E-state index contributed by atoms with van der Waals surface area (Å²) in [6, 6.07) is 9.38. The summed E-state index contributed by atoms with van der Waals surface area (Å²) in [7, 11) is 0. The first-order valence-corrected chi connectivity index (χ1v) is 7.68. The monoisotopic (exact) mass is 315 g/mol. The summed E-state index contributed by atoms with van der Waals surface area (Å²) >= 11 is 0. The van der Waals surface area contributed by atoms with Crippen molar-refractivity contribution in [2.75, 3.05) is 6.54 Å². The number of benzene rings is 1. The lowest BCUT2D eigenvalue weighted by Gasteiger charge is -2.12. The molecule has 6 heteroatoms. The Bertz CT molecular complexity index is 636. The van der Waals surface area contributed by atoms with Gasteiger partial charge >= 0.3 is 5.97 Å². The van der Waals surface area contributed by atoms with Crippen LogP contribution in [0.3, 0.4) is 0 Å². The molecule has 1 aromatic heterocycles. The molecule has 0 spiro atoms. The van der Waals surface area contributed by atoms with Gasteiger partial charge in [0.25, 0.3) is 0 Å². The smallest absolute Gasteiger partial charge is 0.308 e. The van der Waals surface area contributed by atoms with E-state index < -0.39 is 11.9 Å². The fraction of sp³-hybridized carbons (Fsp3) is 0.353. The van der Waals surface area contributed by atoms with Crippen LogP contribution in [0.15, 0.2) is 42.7 Å². The number of hydrogen-bond donors (Lipinski definition) is 2. The van der Waals surface area contributed by atoms with Crippen LogP contribution in [-0.4, -0.2) is 33.3 Å². The Balaban J connectivity index is 1.86. The zero-order valence-electron chi connectivity index (χ0n) is 13.1. The predicted molar refractivity (Wildman–Crippen MR) is 86.3 cm³/mol. The van der Waals surface area contributed by atoms with E-state index in [1.165, 1.54) is 0 Å². The van der Waals surface area contributed by atoms with E-state index in [-0.39, 0.29) is 18.9 Å². The Morgan fingerprint density at radius 1 is 1.30 bits per heavy atom. The van der Waals surface area contributed by atoms with Gasteiger partial charge in [-0.15, -0.1) is 0 Å². The molecule has 0 aliphatic carbocycles. The largest absolute Gasteiger partial charge is 0.481 e. The van der Waals surface area contributed by atoms with Crippen molar-refractivity contribution in [3.8, 4) is 5.69 Å². The van der Waals surface area contributed by atoms with Gasteiger partial charge < -0.3 is 10.4 Å². The normalized spacial score (nSPS) is 11.9. The number of nitrogens with zero attached hydrogens (tertiary/aromatic N) is 2. The number of nitrogens with one attached hydrogen (secondary N) is 1. The predicted octanol–water partition coefficient (Wildman–Crippen LogP) is 2.03. The maximum absolute atomic E-state index is 11.9. The third-order valence-corrected chi connectivity index (χ3v) is 3.60. The quantitative estimate of drug-likeness (QED) is 0.780. The third kappa shape index (κ3) is 4.95. The van der Waals surface area contributed by atoms with Gasteiger partial charge in [-0.05, 0) is 30.2 Å². The molecule has 0 saturated carbocycles. The second-order valence-corrected chi connectivity index (χ2v) is 5.42. The lowest BCUT2D eigenvalue weighted by atomic mass is 10.0. The summed E-state index contributed by atoms with van der Waals surface area (Å²) in [5.41, 5.74) is 1.80. The Hall–Kier alpha value is -2.63. The summed E-state index contributed by atoms with van der Waals surface area (Å²) < 4.78 is 1.74. The second kappa shape index (κ2) is 8.12. The van der Waals surface area contributed by atoms with Crippen molar-refractivity contribution in [2.45, 2.75) is 26.2 Å². The number of rotatable bonds is 8. The first-order chi connectivity index (χ1) is 11.1. The summed E-state index contributed by atoms with van der Waals surface area (Å²) in [6.45, 7) is 2.10. The highest BCUT2D eigenvalue weighted by Crippen LogP contribution is 2.09. The van der Waals surface area contributed by atoms with Crippen LogP contribution in [0.4, 0.5) is 0 Å². The van der Waals surface area contributed by atoms with Gasteiger partial charge in [0.05, 0.1) is 18.0 Å². The van der Waals surface area contributed by atoms with Gasteiger partial charge in [-0.2, -0.15) is 5.10 Å². The van der Waals surface area contributed by atoms with Gasteiger partial charge in [0.2, 0.25) is 5.91 Å². The molecule has 1 aromatic carbocycles. The molecule has 2 N–H and O–H groups in total. The second-order valence-electron chi connectivity index (χ2n) is 5.42. The molecule has 1 amide bonds. The number of carboxylic acids is 1. The van der Waals surface area contributed by atoms with Gasteiger partial charge in [0, 0.05) is 18.9 Å². The first kappa shape index (κ1) is 16.7. The molecule has 0 fully saturated rings. The Morgan fingerprint density at radius 3 is 2.61 bits per heavy atom. The molecule has 1 unspecified atom stereocenters. The fourth-order valence-corrected chi connectivity index (χ4v) is 2.33. The average molecular weight is 315 g/mol. The molecule has 0 bridgehead atoms. The maximum atomic E-state index is 11.9. The number of amides is 1. The summed E-state index contributed by atoms with van der Waals surface area (Å²) in [6.07, 6.45) is 5.13. The number of carbonyl (C=O) groups is 2. The number of carbonyl (C=O) groups excluding carboxylic acids is 1. The molecule has 1 atom stereocenters. The van der Waals surface area contributed by atoms with Gasteiger partial charge in [-0.25, -0.2) is 4.68 Å². The maximum Gasteiger partial charge on any atom is 0.308 e. The lowest BCUT2D eigenvalue weighted by molar-refractivity contribution is -0.141. The van der Waals surface area contributed by atoms with Crippen LogP contribution in [0.25, 0.3) is 5.69 Å². The number of carboxylic acid groups (broad SMARTS) is 1. The number of hydrogen-bond acceptors (Lipinski definition) is 3. The van der Waals surface area contributed by atoms with Crippen molar-refractivity contribution in [1.82, 2.24) is 15.1 Å². The van der Waals surface area contributed by atoms with E-state index in [4.69, 9.17) is 5.11 Å². The van der Waals surface area contributed by atoms with Gasteiger partial charge in [0.1, 0.15) is 0 Å². The third-order valence-electron chi connectivity index (χ3n) is 3.60. The van der Waals surface area contributed by atoms with Crippen LogP contribution in [0, 0.1) is 5.92 Å². The van der Waals surface area contributed by atoms with Gasteiger partial charge in [-0.1, -0.05) is 25.5 Å². The highest BCUT2D eigenvalue weighted by molar-refractivity contribution is 5.79. The van der Waals surface area contributed by atoms with Crippen LogP contribution >= 0.6 is 0 Å². The molecule has 23 heavy (non-hydrogen) atoms. The van der Waals surface area contributed by atoms with E-state index in [9.17, 15) is 9.59 Å². The van der Waals surface area contributed by atoms with E-state index in [0.29, 0.717) is 6.42 Å².